The van der Waals surface area contributed by atoms with Crippen molar-refractivity contribution < 1.29 is 5.11 Å². The van der Waals surface area contributed by atoms with Crippen LogP contribution in [0.4, 0.5) is 0 Å². The maximum Gasteiger partial charge on any atom is 0.132 e. The number of aryl methyl sites for hydroxylation is 1. The van der Waals surface area contributed by atoms with Crippen molar-refractivity contribution in [3.05, 3.63) is 30.0 Å². The van der Waals surface area contributed by atoms with Crippen LogP contribution in [0, 0.1) is 17.8 Å². The van der Waals surface area contributed by atoms with E-state index in [-0.39, 0.29) is 0 Å². The van der Waals surface area contributed by atoms with Crippen molar-refractivity contribution >= 4 is 0 Å². The number of aliphatic hydroxyl groups is 1. The van der Waals surface area contributed by atoms with Gasteiger partial charge in [-0.15, -0.1) is 0 Å². The van der Waals surface area contributed by atoms with Crippen molar-refractivity contribution in [2.75, 3.05) is 0 Å². The van der Waals surface area contributed by atoms with Crippen LogP contribution in [-0.4, -0.2) is 30.9 Å². The molecule has 0 aliphatic heterocycles. The zero-order valence-electron chi connectivity index (χ0n) is 18.0. The van der Waals surface area contributed by atoms with Gasteiger partial charge in [-0.1, -0.05) is 13.8 Å². The second kappa shape index (κ2) is 8.52. The fraction of sp³-hybridized carbons (Fsp3) is 0.696. The van der Waals surface area contributed by atoms with Crippen LogP contribution in [0.5, 0.6) is 0 Å². The van der Waals surface area contributed by atoms with Crippen molar-refractivity contribution in [3.63, 3.8) is 0 Å². The molecule has 2 heterocycles. The number of hydrogen-bond donors (Lipinski definition) is 2. The molecule has 3 N–H and O–H groups in total. The van der Waals surface area contributed by atoms with Gasteiger partial charge in [0.15, 0.2) is 0 Å². The van der Waals surface area contributed by atoms with Crippen LogP contribution in [-0.2, 0) is 7.05 Å². The molecule has 2 aromatic heterocycles. The van der Waals surface area contributed by atoms with Crippen molar-refractivity contribution in [1.29, 1.82) is 0 Å². The summed E-state index contributed by atoms with van der Waals surface area (Å²) in [4.78, 5) is 9.51. The third kappa shape index (κ3) is 4.53. The van der Waals surface area contributed by atoms with Crippen molar-refractivity contribution in [1.82, 2.24) is 19.7 Å². The first-order chi connectivity index (χ1) is 13.9. The Labute approximate surface area is 173 Å². The molecule has 0 amide bonds. The van der Waals surface area contributed by atoms with Gasteiger partial charge >= 0.3 is 0 Å². The molecule has 6 heteroatoms. The molecule has 158 valence electrons. The molecule has 2 saturated carbocycles. The lowest BCUT2D eigenvalue weighted by molar-refractivity contribution is 0.145. The molecule has 4 rings (SSSR count). The SMILES string of the molecule is CC(c1nccc(-c2cnn(C)c2C(O)C2CC2)n1)[C@H](C)C[C@H]1CC[C@H](N)CC1. The molecule has 0 radical (unpaired) electrons. The number of hydrogen-bond acceptors (Lipinski definition) is 5. The Bertz CT molecular complexity index is 822. The summed E-state index contributed by atoms with van der Waals surface area (Å²) in [5, 5.41) is 15.1. The molecule has 3 atom stereocenters. The van der Waals surface area contributed by atoms with Crippen LogP contribution in [0.15, 0.2) is 18.5 Å². The number of aromatic nitrogens is 4. The van der Waals surface area contributed by atoms with E-state index in [0.717, 1.165) is 54.4 Å². The lowest BCUT2D eigenvalue weighted by Gasteiger charge is -2.29. The van der Waals surface area contributed by atoms with E-state index < -0.39 is 6.10 Å². The van der Waals surface area contributed by atoms with Crippen LogP contribution in [0.25, 0.3) is 11.3 Å². The van der Waals surface area contributed by atoms with Gasteiger partial charge < -0.3 is 10.8 Å². The third-order valence-electron chi connectivity index (χ3n) is 7.14. The molecule has 6 nitrogen and oxygen atoms in total. The van der Waals surface area contributed by atoms with Gasteiger partial charge in [0, 0.05) is 30.8 Å². The Hall–Kier alpha value is -1.79. The second-order valence-corrected chi connectivity index (χ2v) is 9.43. The summed E-state index contributed by atoms with van der Waals surface area (Å²) in [5.74, 6) is 2.83. The summed E-state index contributed by atoms with van der Waals surface area (Å²) in [5.41, 5.74) is 8.72. The lowest BCUT2D eigenvalue weighted by Crippen LogP contribution is -2.27. The lowest BCUT2D eigenvalue weighted by atomic mass is 9.78. The Morgan fingerprint density at radius 1 is 1.17 bits per heavy atom. The molecule has 2 aliphatic rings. The average molecular weight is 398 g/mol. The highest BCUT2D eigenvalue weighted by atomic mass is 16.3. The molecule has 0 saturated heterocycles. The summed E-state index contributed by atoms with van der Waals surface area (Å²) < 4.78 is 1.79. The maximum absolute atomic E-state index is 10.7. The van der Waals surface area contributed by atoms with Crippen LogP contribution in [0.1, 0.15) is 82.3 Å². The molecule has 2 aliphatic carbocycles. The Morgan fingerprint density at radius 2 is 1.90 bits per heavy atom. The minimum Gasteiger partial charge on any atom is -0.387 e. The Balaban J connectivity index is 1.50. The molecular formula is C23H35N5O. The molecule has 2 unspecified atom stereocenters. The molecule has 0 bridgehead atoms. The van der Waals surface area contributed by atoms with Crippen molar-refractivity contribution in [2.45, 2.75) is 76.9 Å². The van der Waals surface area contributed by atoms with Gasteiger partial charge in [-0.05, 0) is 68.8 Å². The normalized spacial score (nSPS) is 25.6. The topological polar surface area (TPSA) is 89.8 Å². The van der Waals surface area contributed by atoms with Crippen LogP contribution in [0.2, 0.25) is 0 Å². The quantitative estimate of drug-likeness (QED) is 0.738. The van der Waals surface area contributed by atoms with Gasteiger partial charge in [-0.2, -0.15) is 5.10 Å². The van der Waals surface area contributed by atoms with Crippen molar-refractivity contribution in [3.8, 4) is 11.3 Å². The number of aliphatic hydroxyl groups excluding tert-OH is 1. The Morgan fingerprint density at radius 3 is 2.59 bits per heavy atom. The first-order valence-corrected chi connectivity index (χ1v) is 11.2. The third-order valence-corrected chi connectivity index (χ3v) is 7.14. The molecule has 29 heavy (non-hydrogen) atoms. The second-order valence-electron chi connectivity index (χ2n) is 9.43. The van der Waals surface area contributed by atoms with Gasteiger partial charge in [-0.25, -0.2) is 9.97 Å². The highest BCUT2D eigenvalue weighted by molar-refractivity contribution is 5.61. The minimum absolute atomic E-state index is 0.291. The maximum atomic E-state index is 10.7. The predicted octanol–water partition coefficient (Wildman–Crippen LogP) is 3.97. The smallest absolute Gasteiger partial charge is 0.132 e. The average Bonchev–Trinajstić information content (AvgIpc) is 3.50. The largest absolute Gasteiger partial charge is 0.387 e. The molecule has 2 aromatic rings. The number of rotatable bonds is 7. The summed E-state index contributed by atoms with van der Waals surface area (Å²) in [6.45, 7) is 4.56. The summed E-state index contributed by atoms with van der Waals surface area (Å²) in [7, 11) is 1.90. The zero-order valence-corrected chi connectivity index (χ0v) is 18.0. The summed E-state index contributed by atoms with van der Waals surface area (Å²) >= 11 is 0. The first-order valence-electron chi connectivity index (χ1n) is 11.2. The van der Waals surface area contributed by atoms with E-state index in [4.69, 9.17) is 10.7 Å². The molecule has 0 spiro atoms. The van der Waals surface area contributed by atoms with E-state index in [1.165, 1.54) is 19.3 Å². The van der Waals surface area contributed by atoms with Gasteiger partial charge in [-0.3, -0.25) is 4.68 Å². The van der Waals surface area contributed by atoms with Crippen LogP contribution in [0.3, 0.4) is 0 Å². The fourth-order valence-electron chi connectivity index (χ4n) is 4.78. The van der Waals surface area contributed by atoms with Crippen LogP contribution < -0.4 is 5.73 Å². The van der Waals surface area contributed by atoms with Gasteiger partial charge in [0.1, 0.15) is 5.82 Å². The van der Waals surface area contributed by atoms with E-state index in [0.29, 0.717) is 23.8 Å². The number of nitrogens with two attached hydrogens (primary N) is 1. The summed E-state index contributed by atoms with van der Waals surface area (Å²) in [6, 6.07) is 2.34. The zero-order chi connectivity index (χ0) is 20.5. The van der Waals surface area contributed by atoms with E-state index in [1.54, 1.807) is 4.68 Å². The van der Waals surface area contributed by atoms with E-state index in [9.17, 15) is 5.11 Å². The van der Waals surface area contributed by atoms with E-state index in [2.05, 4.69) is 23.9 Å². The highest BCUT2D eigenvalue weighted by Gasteiger charge is 2.34. The minimum atomic E-state index is -0.468. The summed E-state index contributed by atoms with van der Waals surface area (Å²) in [6.07, 6.45) is 11.4. The molecular weight excluding hydrogens is 362 g/mol. The first kappa shape index (κ1) is 20.5. The monoisotopic (exact) mass is 397 g/mol. The van der Waals surface area contributed by atoms with Gasteiger partial charge in [0.25, 0.3) is 0 Å². The van der Waals surface area contributed by atoms with Gasteiger partial charge in [0.2, 0.25) is 0 Å². The highest BCUT2D eigenvalue weighted by Crippen LogP contribution is 2.43. The molecule has 0 aromatic carbocycles. The fourth-order valence-corrected chi connectivity index (χ4v) is 4.78. The van der Waals surface area contributed by atoms with E-state index >= 15 is 0 Å². The van der Waals surface area contributed by atoms with Gasteiger partial charge in [0.05, 0.1) is 23.7 Å². The van der Waals surface area contributed by atoms with Crippen molar-refractivity contribution in [2.24, 2.45) is 30.5 Å². The van der Waals surface area contributed by atoms with E-state index in [1.807, 2.05) is 25.5 Å². The Kier molecular flexibility index (Phi) is 6.02. The van der Waals surface area contributed by atoms with Crippen LogP contribution >= 0.6 is 0 Å². The predicted molar refractivity (Wildman–Crippen MR) is 114 cm³/mol. The standard InChI is InChI=1S/C23H35N5O/c1-14(12-16-4-8-18(24)9-5-16)15(2)23-25-11-10-20(27-23)19-13-26-28(3)21(19)22(29)17-6-7-17/h10-11,13-18,22,29H,4-9,12,24H2,1-3H3/t14-,15?,16-,18-,22?/m1/s1. The molecule has 2 fully saturated rings. The number of nitrogens with zero attached hydrogens (tertiary/aromatic N) is 4.